The van der Waals surface area contributed by atoms with E-state index in [0.717, 1.165) is 49.1 Å². The van der Waals surface area contributed by atoms with Crippen molar-refractivity contribution in [2.75, 3.05) is 39.4 Å². The van der Waals surface area contributed by atoms with Gasteiger partial charge in [-0.05, 0) is 30.5 Å². The number of amides is 1. The highest BCUT2D eigenvalue weighted by Gasteiger charge is 2.13. The smallest absolute Gasteiger partial charge is 0.253 e. The zero-order valence-electron chi connectivity index (χ0n) is 13.2. The van der Waals surface area contributed by atoms with Crippen LogP contribution >= 0.6 is 11.3 Å². The molecule has 1 saturated heterocycles. The highest BCUT2D eigenvalue weighted by Crippen LogP contribution is 2.23. The molecule has 0 spiro atoms. The van der Waals surface area contributed by atoms with Crippen LogP contribution in [0.4, 0.5) is 0 Å². The minimum atomic E-state index is -0.0546. The lowest BCUT2D eigenvalue weighted by molar-refractivity contribution is 0.0383. The molecule has 0 aliphatic carbocycles. The lowest BCUT2D eigenvalue weighted by Crippen LogP contribution is -2.41. The Hall–Kier alpha value is -1.76. The molecule has 0 aromatic carbocycles. The first-order chi connectivity index (χ1) is 11.2. The monoisotopic (exact) mass is 331 g/mol. The SMILES string of the molecule is Cc1nc(-c2cccs2)ccc1C(=O)NCCN1CCOCC1. The van der Waals surface area contributed by atoms with Gasteiger partial charge in [-0.15, -0.1) is 11.3 Å². The van der Waals surface area contributed by atoms with Crippen molar-refractivity contribution in [1.29, 1.82) is 0 Å². The van der Waals surface area contributed by atoms with E-state index in [1.807, 2.05) is 36.6 Å². The van der Waals surface area contributed by atoms with Crippen molar-refractivity contribution in [3.63, 3.8) is 0 Å². The van der Waals surface area contributed by atoms with Crippen LogP contribution in [0.2, 0.25) is 0 Å². The first-order valence-corrected chi connectivity index (χ1v) is 8.72. The Morgan fingerprint density at radius 2 is 2.17 bits per heavy atom. The number of nitrogens with zero attached hydrogens (tertiary/aromatic N) is 2. The Labute approximate surface area is 140 Å². The van der Waals surface area contributed by atoms with Crippen LogP contribution in [0.3, 0.4) is 0 Å². The maximum Gasteiger partial charge on any atom is 0.253 e. The van der Waals surface area contributed by atoms with E-state index in [4.69, 9.17) is 4.74 Å². The second kappa shape index (κ2) is 7.68. The number of carbonyl (C=O) groups is 1. The molecule has 0 bridgehead atoms. The average Bonchev–Trinajstić information content (AvgIpc) is 3.10. The van der Waals surface area contributed by atoms with Gasteiger partial charge < -0.3 is 10.1 Å². The number of thiophene rings is 1. The molecule has 1 fully saturated rings. The quantitative estimate of drug-likeness (QED) is 0.912. The summed E-state index contributed by atoms with van der Waals surface area (Å²) in [7, 11) is 0. The third-order valence-corrected chi connectivity index (χ3v) is 4.81. The van der Waals surface area contributed by atoms with Gasteiger partial charge in [-0.25, -0.2) is 0 Å². The number of hydrogen-bond acceptors (Lipinski definition) is 5. The normalized spacial score (nSPS) is 15.5. The Kier molecular flexibility index (Phi) is 5.38. The van der Waals surface area contributed by atoms with Crippen molar-refractivity contribution < 1.29 is 9.53 Å². The maximum atomic E-state index is 12.3. The summed E-state index contributed by atoms with van der Waals surface area (Å²) in [5.74, 6) is -0.0546. The van der Waals surface area contributed by atoms with Gasteiger partial charge in [0.25, 0.3) is 5.91 Å². The Balaban J connectivity index is 1.56. The van der Waals surface area contributed by atoms with E-state index in [0.29, 0.717) is 12.1 Å². The number of morpholine rings is 1. The maximum absolute atomic E-state index is 12.3. The van der Waals surface area contributed by atoms with Gasteiger partial charge >= 0.3 is 0 Å². The Bertz CT molecular complexity index is 652. The molecule has 6 heteroatoms. The summed E-state index contributed by atoms with van der Waals surface area (Å²) < 4.78 is 5.32. The fourth-order valence-electron chi connectivity index (χ4n) is 2.61. The van der Waals surface area contributed by atoms with Crippen LogP contribution in [0, 0.1) is 6.92 Å². The minimum absolute atomic E-state index is 0.0546. The lowest BCUT2D eigenvalue weighted by atomic mass is 10.1. The molecule has 2 aromatic heterocycles. The zero-order chi connectivity index (χ0) is 16.1. The highest BCUT2D eigenvalue weighted by molar-refractivity contribution is 7.13. The molecule has 1 amide bonds. The molecule has 1 aliphatic rings. The number of rotatable bonds is 5. The number of hydrogen-bond donors (Lipinski definition) is 1. The van der Waals surface area contributed by atoms with Gasteiger partial charge in [0.2, 0.25) is 0 Å². The van der Waals surface area contributed by atoms with Gasteiger partial charge in [0.05, 0.1) is 35.0 Å². The van der Waals surface area contributed by atoms with Gasteiger partial charge in [-0.2, -0.15) is 0 Å². The van der Waals surface area contributed by atoms with E-state index in [1.54, 1.807) is 11.3 Å². The van der Waals surface area contributed by atoms with Gasteiger partial charge in [-0.3, -0.25) is 14.7 Å². The Morgan fingerprint density at radius 1 is 1.35 bits per heavy atom. The number of pyridine rings is 1. The Morgan fingerprint density at radius 3 is 2.87 bits per heavy atom. The van der Waals surface area contributed by atoms with Crippen LogP contribution in [0.1, 0.15) is 16.1 Å². The molecule has 122 valence electrons. The first kappa shape index (κ1) is 16.1. The number of carbonyl (C=O) groups excluding carboxylic acids is 1. The summed E-state index contributed by atoms with van der Waals surface area (Å²) in [5.41, 5.74) is 2.33. The van der Waals surface area contributed by atoms with Crippen LogP contribution in [0.15, 0.2) is 29.6 Å². The second-order valence-corrected chi connectivity index (χ2v) is 6.46. The second-order valence-electron chi connectivity index (χ2n) is 5.52. The molecule has 1 N–H and O–H groups in total. The zero-order valence-corrected chi connectivity index (χ0v) is 14.1. The third kappa shape index (κ3) is 4.16. The largest absolute Gasteiger partial charge is 0.379 e. The summed E-state index contributed by atoms with van der Waals surface area (Å²) in [4.78, 5) is 20.3. The highest BCUT2D eigenvalue weighted by atomic mass is 32.1. The van der Waals surface area contributed by atoms with Crippen LogP contribution in [0.5, 0.6) is 0 Å². The molecule has 3 heterocycles. The number of nitrogens with one attached hydrogen (secondary N) is 1. The molecule has 0 radical (unpaired) electrons. The summed E-state index contributed by atoms with van der Waals surface area (Å²) in [5, 5.41) is 5.01. The van der Waals surface area contributed by atoms with Crippen molar-refractivity contribution in [2.45, 2.75) is 6.92 Å². The molecule has 3 rings (SSSR count). The summed E-state index contributed by atoms with van der Waals surface area (Å²) in [6.07, 6.45) is 0. The van der Waals surface area contributed by atoms with Crippen LogP contribution < -0.4 is 5.32 Å². The molecule has 0 atom stereocenters. The van der Waals surface area contributed by atoms with E-state index in [-0.39, 0.29) is 5.91 Å². The van der Waals surface area contributed by atoms with Gasteiger partial charge in [0.1, 0.15) is 0 Å². The van der Waals surface area contributed by atoms with Crippen LogP contribution in [-0.4, -0.2) is 55.2 Å². The van der Waals surface area contributed by atoms with E-state index in [1.165, 1.54) is 0 Å². The average molecular weight is 331 g/mol. The first-order valence-electron chi connectivity index (χ1n) is 7.84. The standard InChI is InChI=1S/C17H21N3O2S/c1-13-14(4-5-15(19-13)16-3-2-12-23-16)17(21)18-6-7-20-8-10-22-11-9-20/h2-5,12H,6-11H2,1H3,(H,18,21). The fraction of sp³-hybridized carbons (Fsp3) is 0.412. The summed E-state index contributed by atoms with van der Waals surface area (Å²) in [6, 6.07) is 7.81. The molecular weight excluding hydrogens is 310 g/mol. The topological polar surface area (TPSA) is 54.5 Å². The number of aryl methyl sites for hydroxylation is 1. The van der Waals surface area contributed by atoms with Gasteiger partial charge in [-0.1, -0.05) is 6.07 Å². The van der Waals surface area contributed by atoms with E-state index >= 15 is 0 Å². The van der Waals surface area contributed by atoms with Crippen molar-refractivity contribution in [1.82, 2.24) is 15.2 Å². The minimum Gasteiger partial charge on any atom is -0.379 e. The molecule has 23 heavy (non-hydrogen) atoms. The lowest BCUT2D eigenvalue weighted by Gasteiger charge is -2.26. The summed E-state index contributed by atoms with van der Waals surface area (Å²) in [6.45, 7) is 6.81. The summed E-state index contributed by atoms with van der Waals surface area (Å²) >= 11 is 1.65. The molecule has 5 nitrogen and oxygen atoms in total. The van der Waals surface area contributed by atoms with E-state index in [2.05, 4.69) is 15.2 Å². The molecule has 1 aliphatic heterocycles. The van der Waals surface area contributed by atoms with Crippen LogP contribution in [0.25, 0.3) is 10.6 Å². The third-order valence-electron chi connectivity index (χ3n) is 3.92. The molecular formula is C17H21N3O2S. The molecule has 0 unspecified atom stereocenters. The van der Waals surface area contributed by atoms with Gasteiger partial charge in [0.15, 0.2) is 0 Å². The molecule has 2 aromatic rings. The van der Waals surface area contributed by atoms with Gasteiger partial charge in [0, 0.05) is 26.2 Å². The fourth-order valence-corrected chi connectivity index (χ4v) is 3.31. The van der Waals surface area contributed by atoms with E-state index < -0.39 is 0 Å². The van der Waals surface area contributed by atoms with Crippen molar-refractivity contribution in [3.05, 3.63) is 40.9 Å². The predicted molar refractivity (Wildman–Crippen MR) is 91.9 cm³/mol. The predicted octanol–water partition coefficient (Wildman–Crippen LogP) is 2.18. The van der Waals surface area contributed by atoms with Crippen LogP contribution in [-0.2, 0) is 4.74 Å². The number of ether oxygens (including phenoxy) is 1. The van der Waals surface area contributed by atoms with Crippen molar-refractivity contribution in [3.8, 4) is 10.6 Å². The number of aromatic nitrogens is 1. The van der Waals surface area contributed by atoms with Crippen molar-refractivity contribution in [2.24, 2.45) is 0 Å². The molecule has 0 saturated carbocycles. The van der Waals surface area contributed by atoms with E-state index in [9.17, 15) is 4.79 Å². The van der Waals surface area contributed by atoms with Crippen molar-refractivity contribution >= 4 is 17.2 Å².